The summed E-state index contributed by atoms with van der Waals surface area (Å²) in [5, 5.41) is 12.2. The van der Waals surface area contributed by atoms with Crippen molar-refractivity contribution in [2.45, 2.75) is 32.2 Å². The third kappa shape index (κ3) is 4.73. The molecule has 1 aromatic rings. The average Bonchev–Trinajstić information content (AvgIpc) is 2.33. The van der Waals surface area contributed by atoms with E-state index in [1.165, 1.54) is 0 Å². The number of amides is 1. The van der Waals surface area contributed by atoms with Gasteiger partial charge in [0.25, 0.3) is 0 Å². The van der Waals surface area contributed by atoms with Crippen molar-refractivity contribution >= 4 is 35.1 Å². The zero-order valence-corrected chi connectivity index (χ0v) is 12.0. The molecule has 1 rings (SSSR count). The van der Waals surface area contributed by atoms with E-state index < -0.39 is 17.9 Å². The van der Waals surface area contributed by atoms with Crippen molar-refractivity contribution in [2.75, 3.05) is 0 Å². The van der Waals surface area contributed by atoms with Crippen molar-refractivity contribution in [1.29, 1.82) is 0 Å². The second kappa shape index (κ2) is 7.36. The minimum absolute atomic E-state index is 0.0357. The molecule has 0 radical (unpaired) electrons. The van der Waals surface area contributed by atoms with Gasteiger partial charge >= 0.3 is 5.97 Å². The first-order valence-corrected chi connectivity index (χ1v) is 6.66. The van der Waals surface area contributed by atoms with Crippen molar-refractivity contribution in [3.63, 3.8) is 0 Å². The predicted molar refractivity (Wildman–Crippen MR) is 74.6 cm³/mol. The van der Waals surface area contributed by atoms with Gasteiger partial charge in [-0.15, -0.1) is 0 Å². The number of aliphatic carboxylic acids is 1. The van der Waals surface area contributed by atoms with E-state index in [-0.39, 0.29) is 6.42 Å². The highest BCUT2D eigenvalue weighted by molar-refractivity contribution is 6.36. The number of nitrogens with one attached hydrogen (secondary N) is 1. The summed E-state index contributed by atoms with van der Waals surface area (Å²) in [7, 11) is 0. The molecule has 19 heavy (non-hydrogen) atoms. The Labute approximate surface area is 121 Å². The Balaban J connectivity index is 2.72. The molecule has 0 heterocycles. The van der Waals surface area contributed by atoms with Gasteiger partial charge in [-0.05, 0) is 24.1 Å². The maximum absolute atomic E-state index is 11.8. The fourth-order valence-corrected chi connectivity index (χ4v) is 2.18. The number of hydrogen-bond donors (Lipinski definition) is 2. The highest BCUT2D eigenvalue weighted by atomic mass is 35.5. The molecule has 0 aromatic heterocycles. The van der Waals surface area contributed by atoms with Crippen LogP contribution in [-0.4, -0.2) is 23.0 Å². The summed E-state index contributed by atoms with van der Waals surface area (Å²) >= 11 is 11.9. The number of carbonyl (C=O) groups excluding carboxylic acids is 1. The van der Waals surface area contributed by atoms with Crippen LogP contribution in [0, 0.1) is 0 Å². The monoisotopic (exact) mass is 303 g/mol. The Bertz CT molecular complexity index is 457. The molecule has 0 saturated heterocycles. The molecule has 6 heteroatoms. The van der Waals surface area contributed by atoms with Crippen LogP contribution in [0.5, 0.6) is 0 Å². The van der Waals surface area contributed by atoms with Gasteiger partial charge in [0.1, 0.15) is 6.04 Å². The fraction of sp³-hybridized carbons (Fsp3) is 0.385. The molecule has 104 valence electrons. The molecule has 0 aliphatic heterocycles. The molecule has 1 amide bonds. The van der Waals surface area contributed by atoms with E-state index >= 15 is 0 Å². The lowest BCUT2D eigenvalue weighted by atomic mass is 10.1. The summed E-state index contributed by atoms with van der Waals surface area (Å²) in [5.74, 6) is -1.45. The Kier molecular flexibility index (Phi) is 6.12. The minimum Gasteiger partial charge on any atom is -0.480 e. The summed E-state index contributed by atoms with van der Waals surface area (Å²) in [5.41, 5.74) is 0.504. The van der Waals surface area contributed by atoms with E-state index in [4.69, 9.17) is 28.3 Å². The van der Waals surface area contributed by atoms with Gasteiger partial charge in [-0.3, -0.25) is 4.79 Å². The third-order valence-corrected chi connectivity index (χ3v) is 3.32. The molecule has 0 fully saturated rings. The van der Waals surface area contributed by atoms with Crippen LogP contribution in [-0.2, 0) is 16.0 Å². The second-order valence-corrected chi connectivity index (χ2v) is 4.94. The van der Waals surface area contributed by atoms with Crippen LogP contribution in [0.4, 0.5) is 0 Å². The largest absolute Gasteiger partial charge is 0.480 e. The molecule has 0 aliphatic rings. The van der Waals surface area contributed by atoms with Crippen LogP contribution < -0.4 is 5.32 Å². The summed E-state index contributed by atoms with van der Waals surface area (Å²) < 4.78 is 0. The Morgan fingerprint density at radius 1 is 1.32 bits per heavy atom. The fourth-order valence-electron chi connectivity index (χ4n) is 1.65. The Hall–Kier alpha value is -1.26. The van der Waals surface area contributed by atoms with Gasteiger partial charge in [-0.2, -0.15) is 0 Å². The Morgan fingerprint density at radius 3 is 2.37 bits per heavy atom. The summed E-state index contributed by atoms with van der Waals surface area (Å²) in [6.45, 7) is 1.85. The molecular formula is C13H15Cl2NO3. The number of carboxylic acid groups (broad SMARTS) is 1. The van der Waals surface area contributed by atoms with Crippen molar-refractivity contribution in [3.8, 4) is 0 Å². The summed E-state index contributed by atoms with van der Waals surface area (Å²) in [4.78, 5) is 22.8. The van der Waals surface area contributed by atoms with Crippen LogP contribution >= 0.6 is 23.2 Å². The van der Waals surface area contributed by atoms with Crippen LogP contribution in [0.2, 0.25) is 10.0 Å². The lowest BCUT2D eigenvalue weighted by Crippen LogP contribution is -2.41. The molecule has 0 unspecified atom stereocenters. The van der Waals surface area contributed by atoms with Gasteiger partial charge in [-0.25, -0.2) is 4.79 Å². The van der Waals surface area contributed by atoms with Crippen molar-refractivity contribution in [2.24, 2.45) is 0 Å². The quantitative estimate of drug-likeness (QED) is 0.849. The number of benzene rings is 1. The lowest BCUT2D eigenvalue weighted by Gasteiger charge is -2.14. The highest BCUT2D eigenvalue weighted by Crippen LogP contribution is 2.24. The van der Waals surface area contributed by atoms with Gasteiger partial charge in [0, 0.05) is 10.0 Å². The van der Waals surface area contributed by atoms with E-state index in [1.807, 2.05) is 6.92 Å². The molecule has 2 N–H and O–H groups in total. The van der Waals surface area contributed by atoms with Crippen molar-refractivity contribution in [3.05, 3.63) is 33.8 Å². The smallest absolute Gasteiger partial charge is 0.326 e. The highest BCUT2D eigenvalue weighted by Gasteiger charge is 2.20. The predicted octanol–water partition coefficient (Wildman–Crippen LogP) is 2.91. The number of carboxylic acids is 1. The molecule has 4 nitrogen and oxygen atoms in total. The molecule has 1 atom stereocenters. The minimum atomic E-state index is -1.04. The standard InChI is InChI=1S/C13H15Cl2NO3/c1-2-4-11(13(18)19)16-12(17)7-8-9(14)5-3-6-10(8)15/h3,5-6,11H,2,4,7H2,1H3,(H,16,17)(H,18,19)/t11-/m0/s1. The van der Waals surface area contributed by atoms with E-state index in [0.717, 1.165) is 0 Å². The zero-order valence-electron chi connectivity index (χ0n) is 10.5. The number of halogens is 2. The van der Waals surface area contributed by atoms with E-state index in [9.17, 15) is 9.59 Å². The first kappa shape index (κ1) is 15.8. The molecule has 0 saturated carbocycles. The molecule has 0 aliphatic carbocycles. The van der Waals surface area contributed by atoms with Gasteiger partial charge in [-0.1, -0.05) is 42.6 Å². The van der Waals surface area contributed by atoms with Crippen molar-refractivity contribution < 1.29 is 14.7 Å². The maximum atomic E-state index is 11.8. The zero-order chi connectivity index (χ0) is 14.4. The summed E-state index contributed by atoms with van der Waals surface area (Å²) in [6.07, 6.45) is 1.02. The Morgan fingerprint density at radius 2 is 1.89 bits per heavy atom. The van der Waals surface area contributed by atoms with Crippen LogP contribution in [0.3, 0.4) is 0 Å². The van der Waals surface area contributed by atoms with Gasteiger partial charge in [0.2, 0.25) is 5.91 Å². The molecular weight excluding hydrogens is 289 g/mol. The molecule has 0 bridgehead atoms. The second-order valence-electron chi connectivity index (χ2n) is 4.12. The first-order chi connectivity index (χ1) is 8.95. The maximum Gasteiger partial charge on any atom is 0.326 e. The van der Waals surface area contributed by atoms with Crippen LogP contribution in [0.1, 0.15) is 25.3 Å². The SMILES string of the molecule is CCC[C@H](NC(=O)Cc1c(Cl)cccc1Cl)C(=O)O. The van der Waals surface area contributed by atoms with Crippen LogP contribution in [0.25, 0.3) is 0 Å². The lowest BCUT2D eigenvalue weighted by molar-refractivity contribution is -0.141. The van der Waals surface area contributed by atoms with Crippen LogP contribution in [0.15, 0.2) is 18.2 Å². The number of carbonyl (C=O) groups is 2. The molecule has 1 aromatic carbocycles. The molecule has 0 spiro atoms. The summed E-state index contributed by atoms with van der Waals surface area (Å²) in [6, 6.07) is 4.08. The topological polar surface area (TPSA) is 66.4 Å². The van der Waals surface area contributed by atoms with Gasteiger partial charge in [0.05, 0.1) is 6.42 Å². The van der Waals surface area contributed by atoms with E-state index in [1.54, 1.807) is 18.2 Å². The normalized spacial score (nSPS) is 11.9. The third-order valence-electron chi connectivity index (χ3n) is 2.61. The van der Waals surface area contributed by atoms with E-state index in [0.29, 0.717) is 28.5 Å². The first-order valence-electron chi connectivity index (χ1n) is 5.90. The number of hydrogen-bond acceptors (Lipinski definition) is 2. The van der Waals surface area contributed by atoms with Gasteiger partial charge in [0.15, 0.2) is 0 Å². The van der Waals surface area contributed by atoms with Gasteiger partial charge < -0.3 is 10.4 Å². The number of rotatable bonds is 6. The average molecular weight is 304 g/mol. The van der Waals surface area contributed by atoms with Crippen molar-refractivity contribution in [1.82, 2.24) is 5.32 Å². The van der Waals surface area contributed by atoms with E-state index in [2.05, 4.69) is 5.32 Å².